The Bertz CT molecular complexity index is 1200. The summed E-state index contributed by atoms with van der Waals surface area (Å²) < 4.78 is 0. The second-order valence-electron chi connectivity index (χ2n) is 14.5. The first kappa shape index (κ1) is 28.9. The first-order valence-electron chi connectivity index (χ1n) is 13.6. The van der Waals surface area contributed by atoms with E-state index < -0.39 is 62.0 Å². The summed E-state index contributed by atoms with van der Waals surface area (Å²) >= 11 is 0. The minimum Gasteiger partial charge on any atom is -0.505 e. The van der Waals surface area contributed by atoms with Crippen LogP contribution >= 0.6 is 0 Å². The largest absolute Gasteiger partial charge is 0.505 e. The Morgan fingerprint density at radius 2 is 1.61 bits per heavy atom. The van der Waals surface area contributed by atoms with E-state index >= 15 is 0 Å². The SMILES string of the molecule is CC(C)(O)/C=C/C(=O)[C@](C)(O)[C@H]1[C@H](O)C[C@@]2(C)[C@]3(C)CC=C4[C@@H](C=C(O)C(=O)C4(C)C)[C@]3(C)C(=O)C[C@]12C. The highest BCUT2D eigenvalue weighted by Gasteiger charge is 2.78. The van der Waals surface area contributed by atoms with Gasteiger partial charge in [-0.05, 0) is 75.9 Å². The van der Waals surface area contributed by atoms with Gasteiger partial charge in [0.2, 0.25) is 5.78 Å². The topological polar surface area (TPSA) is 132 Å². The molecular formula is C31H44O7. The van der Waals surface area contributed by atoms with Crippen molar-refractivity contribution in [3.8, 4) is 0 Å². The standard InChI is InChI=1S/C31H44O7/c1-25(2,37)12-11-21(34)31(9,38)23-20(33)15-29(7)27(23,5)16-22(35)30(8)18-14-19(32)24(36)26(3,4)17(18)10-13-28(29,30)6/h10-12,14,18,20,23,32-33,37-38H,13,15-16H2,1-9H3/b12-11+/t18-,20-,23+,27-,28+,29-,30-,31+/m1/s1. The lowest BCUT2D eigenvalue weighted by atomic mass is 9.33. The third-order valence-electron chi connectivity index (χ3n) is 11.7. The Morgan fingerprint density at radius 1 is 1.03 bits per heavy atom. The summed E-state index contributed by atoms with van der Waals surface area (Å²) in [6, 6.07) is 0. The van der Waals surface area contributed by atoms with Crippen LogP contribution in [0.1, 0.15) is 81.6 Å². The molecule has 0 aromatic heterocycles. The van der Waals surface area contributed by atoms with Crippen LogP contribution in [0.2, 0.25) is 0 Å². The molecule has 0 aromatic carbocycles. The average Bonchev–Trinajstić information content (AvgIpc) is 2.98. The molecule has 210 valence electrons. The third-order valence-corrected chi connectivity index (χ3v) is 11.7. The monoisotopic (exact) mass is 528 g/mol. The maximum Gasteiger partial charge on any atom is 0.206 e. The number of carbonyl (C=O) groups excluding carboxylic acids is 3. The number of allylic oxidation sites excluding steroid dienone is 4. The van der Waals surface area contributed by atoms with Crippen molar-refractivity contribution in [1.29, 1.82) is 0 Å². The molecule has 2 saturated carbocycles. The molecule has 0 amide bonds. The van der Waals surface area contributed by atoms with Crippen molar-refractivity contribution in [3.05, 3.63) is 35.6 Å². The number of fused-ring (bicyclic) bond motifs is 5. The minimum atomic E-state index is -1.98. The van der Waals surface area contributed by atoms with Crippen LogP contribution in [0.5, 0.6) is 0 Å². The van der Waals surface area contributed by atoms with E-state index in [0.29, 0.717) is 6.42 Å². The van der Waals surface area contributed by atoms with Crippen LogP contribution in [0, 0.1) is 38.9 Å². The number of hydrogen-bond donors (Lipinski definition) is 4. The molecule has 8 atom stereocenters. The molecule has 0 spiro atoms. The van der Waals surface area contributed by atoms with Gasteiger partial charge in [-0.15, -0.1) is 0 Å². The first-order valence-corrected chi connectivity index (χ1v) is 13.6. The predicted molar refractivity (Wildman–Crippen MR) is 143 cm³/mol. The third kappa shape index (κ3) is 3.34. The molecule has 4 aliphatic carbocycles. The quantitative estimate of drug-likeness (QED) is 0.320. The lowest BCUT2D eigenvalue weighted by molar-refractivity contribution is -0.204. The zero-order valence-corrected chi connectivity index (χ0v) is 24.2. The van der Waals surface area contributed by atoms with Gasteiger partial charge in [-0.3, -0.25) is 14.4 Å². The van der Waals surface area contributed by atoms with E-state index in [1.165, 1.54) is 32.9 Å². The first-order chi connectivity index (χ1) is 17.0. The molecule has 0 heterocycles. The van der Waals surface area contributed by atoms with Gasteiger partial charge < -0.3 is 20.4 Å². The highest BCUT2D eigenvalue weighted by Crippen LogP contribution is 2.78. The highest BCUT2D eigenvalue weighted by atomic mass is 16.3. The normalized spacial score (nSPS) is 44.1. The average molecular weight is 529 g/mol. The number of hydrogen-bond acceptors (Lipinski definition) is 7. The number of ketones is 3. The van der Waals surface area contributed by atoms with Gasteiger partial charge in [-0.25, -0.2) is 0 Å². The molecule has 7 heteroatoms. The molecule has 0 bridgehead atoms. The fourth-order valence-electron chi connectivity index (χ4n) is 8.98. The van der Waals surface area contributed by atoms with E-state index in [9.17, 15) is 34.8 Å². The fourth-order valence-corrected chi connectivity index (χ4v) is 8.98. The zero-order valence-electron chi connectivity index (χ0n) is 24.2. The fraction of sp³-hybridized carbons (Fsp3) is 0.710. The molecule has 0 aromatic rings. The van der Waals surface area contributed by atoms with E-state index in [1.54, 1.807) is 13.8 Å². The molecule has 4 N–H and O–H groups in total. The van der Waals surface area contributed by atoms with Crippen molar-refractivity contribution in [3.63, 3.8) is 0 Å². The van der Waals surface area contributed by atoms with Crippen molar-refractivity contribution in [2.75, 3.05) is 0 Å². The summed E-state index contributed by atoms with van der Waals surface area (Å²) in [6.45, 7) is 15.9. The van der Waals surface area contributed by atoms with Gasteiger partial charge in [0.05, 0.1) is 17.1 Å². The summed E-state index contributed by atoms with van der Waals surface area (Å²) in [4.78, 5) is 40.5. The van der Waals surface area contributed by atoms with E-state index in [1.807, 2.05) is 26.8 Å². The molecule has 38 heavy (non-hydrogen) atoms. The lowest BCUT2D eigenvalue weighted by Crippen LogP contribution is -2.69. The van der Waals surface area contributed by atoms with Crippen LogP contribution in [0.25, 0.3) is 0 Å². The Balaban J connectivity index is 1.88. The highest BCUT2D eigenvalue weighted by molar-refractivity contribution is 6.02. The number of Topliss-reactive ketones (excluding diaryl/α,β-unsaturated/α-hetero) is 2. The molecule has 0 saturated heterocycles. The Kier molecular flexibility index (Phi) is 6.07. The molecule has 7 nitrogen and oxygen atoms in total. The van der Waals surface area contributed by atoms with Gasteiger partial charge in [-0.1, -0.05) is 45.4 Å². The lowest BCUT2D eigenvalue weighted by Gasteiger charge is -2.69. The zero-order chi connectivity index (χ0) is 29.1. The van der Waals surface area contributed by atoms with Gasteiger partial charge >= 0.3 is 0 Å². The van der Waals surface area contributed by atoms with Gasteiger partial charge in [0.25, 0.3) is 0 Å². The molecule has 4 rings (SSSR count). The molecule has 0 radical (unpaired) electrons. The van der Waals surface area contributed by atoms with Crippen molar-refractivity contribution in [1.82, 2.24) is 0 Å². The van der Waals surface area contributed by atoms with E-state index in [-0.39, 0.29) is 30.2 Å². The smallest absolute Gasteiger partial charge is 0.206 e. The van der Waals surface area contributed by atoms with Crippen LogP contribution in [0.3, 0.4) is 0 Å². The van der Waals surface area contributed by atoms with Gasteiger partial charge in [-0.2, -0.15) is 0 Å². The van der Waals surface area contributed by atoms with Crippen molar-refractivity contribution < 1.29 is 34.8 Å². The summed E-state index contributed by atoms with van der Waals surface area (Å²) in [5.41, 5.74) is -6.68. The maximum atomic E-state index is 14.4. The van der Waals surface area contributed by atoms with E-state index in [0.717, 1.165) is 11.6 Å². The summed E-state index contributed by atoms with van der Waals surface area (Å²) in [6.07, 6.45) is 5.78. The second kappa shape index (κ2) is 7.98. The number of rotatable bonds is 4. The molecule has 2 fully saturated rings. The van der Waals surface area contributed by atoms with Gasteiger partial charge in [0.1, 0.15) is 11.4 Å². The van der Waals surface area contributed by atoms with Crippen molar-refractivity contribution in [2.24, 2.45) is 38.9 Å². The van der Waals surface area contributed by atoms with Crippen LogP contribution in [0.4, 0.5) is 0 Å². The number of aliphatic hydroxyl groups excluding tert-OH is 2. The summed E-state index contributed by atoms with van der Waals surface area (Å²) in [7, 11) is 0. The minimum absolute atomic E-state index is 0.0305. The maximum absolute atomic E-state index is 14.4. The van der Waals surface area contributed by atoms with Crippen LogP contribution in [-0.4, -0.2) is 55.1 Å². The second-order valence-corrected chi connectivity index (χ2v) is 14.5. The molecule has 0 aliphatic heterocycles. The number of aliphatic hydroxyl groups is 4. The molecule has 4 aliphatic rings. The Hall–Kier alpha value is -2.09. The van der Waals surface area contributed by atoms with E-state index in [4.69, 9.17) is 0 Å². The Labute approximate surface area is 225 Å². The predicted octanol–water partition coefficient (Wildman–Crippen LogP) is 4.01. The summed E-state index contributed by atoms with van der Waals surface area (Å²) in [5, 5.41) is 43.9. The van der Waals surface area contributed by atoms with Crippen molar-refractivity contribution in [2.45, 2.75) is 98.9 Å². The molecular weight excluding hydrogens is 484 g/mol. The van der Waals surface area contributed by atoms with Crippen molar-refractivity contribution >= 4 is 17.3 Å². The van der Waals surface area contributed by atoms with Gasteiger partial charge in [0, 0.05) is 23.7 Å². The van der Waals surface area contributed by atoms with Crippen LogP contribution in [0.15, 0.2) is 35.6 Å². The number of carbonyl (C=O) groups is 3. The molecule has 0 unspecified atom stereocenters. The Morgan fingerprint density at radius 3 is 2.16 bits per heavy atom. The summed E-state index contributed by atoms with van der Waals surface area (Å²) in [5.74, 6) is -2.81. The van der Waals surface area contributed by atoms with E-state index in [2.05, 4.69) is 6.92 Å². The van der Waals surface area contributed by atoms with Crippen LogP contribution < -0.4 is 0 Å². The van der Waals surface area contributed by atoms with Crippen LogP contribution in [-0.2, 0) is 14.4 Å². The van der Waals surface area contributed by atoms with Gasteiger partial charge in [0.15, 0.2) is 11.5 Å².